The van der Waals surface area contributed by atoms with Gasteiger partial charge in [-0.2, -0.15) is 20.1 Å². The van der Waals surface area contributed by atoms with Gasteiger partial charge in [0.2, 0.25) is 11.9 Å². The molecule has 0 aromatic carbocycles. The number of nitrogens with one attached hydrogen (secondary N) is 1. The molecule has 2 aromatic heterocycles. The van der Waals surface area contributed by atoms with Gasteiger partial charge in [0.15, 0.2) is 0 Å². The van der Waals surface area contributed by atoms with Crippen molar-refractivity contribution < 1.29 is 0 Å². The molecule has 1 fully saturated rings. The first-order chi connectivity index (χ1) is 10.2. The Morgan fingerprint density at radius 2 is 2.05 bits per heavy atom. The van der Waals surface area contributed by atoms with Gasteiger partial charge in [-0.05, 0) is 31.7 Å². The molecule has 3 N–H and O–H groups in total. The SMILES string of the molecule is CC(Nc1nc(N)nc(-n2cccn2)n1)C1CCCCC1. The molecule has 0 amide bonds. The highest BCUT2D eigenvalue weighted by molar-refractivity contribution is 5.35. The van der Waals surface area contributed by atoms with Crippen molar-refractivity contribution in [3.05, 3.63) is 18.5 Å². The van der Waals surface area contributed by atoms with E-state index in [9.17, 15) is 0 Å². The molecule has 112 valence electrons. The minimum absolute atomic E-state index is 0.203. The summed E-state index contributed by atoms with van der Waals surface area (Å²) in [5.41, 5.74) is 5.78. The van der Waals surface area contributed by atoms with Crippen LogP contribution in [0.1, 0.15) is 39.0 Å². The van der Waals surface area contributed by atoms with E-state index < -0.39 is 0 Å². The van der Waals surface area contributed by atoms with E-state index in [0.717, 1.165) is 0 Å². The van der Waals surface area contributed by atoms with Crippen molar-refractivity contribution in [1.29, 1.82) is 0 Å². The molecule has 1 aliphatic rings. The minimum atomic E-state index is 0.203. The van der Waals surface area contributed by atoms with Crippen LogP contribution in [0.2, 0.25) is 0 Å². The molecule has 2 aromatic rings. The van der Waals surface area contributed by atoms with E-state index in [1.165, 1.54) is 32.1 Å². The van der Waals surface area contributed by atoms with Gasteiger partial charge in [-0.3, -0.25) is 0 Å². The molecule has 7 heteroatoms. The van der Waals surface area contributed by atoms with Gasteiger partial charge in [0.05, 0.1) is 0 Å². The van der Waals surface area contributed by atoms with Crippen molar-refractivity contribution in [1.82, 2.24) is 24.7 Å². The Hall–Kier alpha value is -2.18. The first kappa shape index (κ1) is 13.8. The highest BCUT2D eigenvalue weighted by Gasteiger charge is 2.21. The lowest BCUT2D eigenvalue weighted by molar-refractivity contribution is 0.327. The molecule has 0 aliphatic heterocycles. The van der Waals surface area contributed by atoms with E-state index in [-0.39, 0.29) is 5.95 Å². The first-order valence-electron chi connectivity index (χ1n) is 7.50. The van der Waals surface area contributed by atoms with Gasteiger partial charge in [0.25, 0.3) is 5.95 Å². The van der Waals surface area contributed by atoms with Crippen molar-refractivity contribution in [2.75, 3.05) is 11.1 Å². The van der Waals surface area contributed by atoms with Crippen molar-refractivity contribution >= 4 is 11.9 Å². The van der Waals surface area contributed by atoms with Crippen LogP contribution in [0.5, 0.6) is 0 Å². The molecule has 1 atom stereocenters. The summed E-state index contributed by atoms with van der Waals surface area (Å²) in [6.07, 6.45) is 9.97. The second kappa shape index (κ2) is 6.07. The highest BCUT2D eigenvalue weighted by atomic mass is 15.4. The molecule has 2 heterocycles. The fourth-order valence-corrected chi connectivity index (χ4v) is 2.89. The Balaban J connectivity index is 1.75. The first-order valence-corrected chi connectivity index (χ1v) is 7.50. The van der Waals surface area contributed by atoms with E-state index in [0.29, 0.717) is 23.9 Å². The van der Waals surface area contributed by atoms with Crippen LogP contribution < -0.4 is 11.1 Å². The number of rotatable bonds is 4. The molecule has 7 nitrogen and oxygen atoms in total. The normalized spacial score (nSPS) is 17.6. The second-order valence-electron chi connectivity index (χ2n) is 5.60. The standard InChI is InChI=1S/C14H21N7/c1-10(11-6-3-2-4-7-11)17-13-18-12(15)19-14(20-13)21-9-5-8-16-21/h5,8-11H,2-4,6-7H2,1H3,(H3,15,17,18,19,20). The topological polar surface area (TPSA) is 94.5 Å². The van der Waals surface area contributed by atoms with Gasteiger partial charge in [0, 0.05) is 18.4 Å². The molecule has 0 saturated heterocycles. The number of hydrogen-bond donors (Lipinski definition) is 2. The van der Waals surface area contributed by atoms with Crippen molar-refractivity contribution in [2.24, 2.45) is 5.92 Å². The molecule has 0 spiro atoms. The molecule has 21 heavy (non-hydrogen) atoms. The number of nitrogen functional groups attached to an aromatic ring is 1. The quantitative estimate of drug-likeness (QED) is 0.893. The fraction of sp³-hybridized carbons (Fsp3) is 0.571. The van der Waals surface area contributed by atoms with Crippen molar-refractivity contribution in [3.63, 3.8) is 0 Å². The van der Waals surface area contributed by atoms with Crippen LogP contribution in [0.25, 0.3) is 5.95 Å². The van der Waals surface area contributed by atoms with Crippen LogP contribution in [0.4, 0.5) is 11.9 Å². The van der Waals surface area contributed by atoms with E-state index >= 15 is 0 Å². The molecule has 3 rings (SSSR count). The van der Waals surface area contributed by atoms with Gasteiger partial charge >= 0.3 is 0 Å². The largest absolute Gasteiger partial charge is 0.368 e. The minimum Gasteiger partial charge on any atom is -0.368 e. The number of aromatic nitrogens is 5. The maximum absolute atomic E-state index is 5.78. The predicted molar refractivity (Wildman–Crippen MR) is 81.0 cm³/mol. The van der Waals surface area contributed by atoms with Gasteiger partial charge < -0.3 is 11.1 Å². The average molecular weight is 287 g/mol. The van der Waals surface area contributed by atoms with Crippen LogP contribution in [-0.4, -0.2) is 30.8 Å². The summed E-state index contributed by atoms with van der Waals surface area (Å²) >= 11 is 0. The maximum atomic E-state index is 5.78. The number of hydrogen-bond acceptors (Lipinski definition) is 6. The molecule has 1 aliphatic carbocycles. The van der Waals surface area contributed by atoms with Crippen LogP contribution in [-0.2, 0) is 0 Å². The lowest BCUT2D eigenvalue weighted by Gasteiger charge is -2.28. The predicted octanol–water partition coefficient (Wildman–Crippen LogP) is 2.02. The summed E-state index contributed by atoms with van der Waals surface area (Å²) in [6, 6.07) is 2.15. The van der Waals surface area contributed by atoms with Gasteiger partial charge in [-0.25, -0.2) is 4.68 Å². The third-order valence-electron chi connectivity index (χ3n) is 4.06. The molecule has 0 bridgehead atoms. The molecular formula is C14H21N7. The highest BCUT2D eigenvalue weighted by Crippen LogP contribution is 2.27. The van der Waals surface area contributed by atoms with Crippen LogP contribution in [0.15, 0.2) is 18.5 Å². The zero-order valence-electron chi connectivity index (χ0n) is 12.2. The Labute approximate surface area is 124 Å². The third-order valence-corrected chi connectivity index (χ3v) is 4.06. The van der Waals surface area contributed by atoms with E-state index in [4.69, 9.17) is 5.73 Å². The lowest BCUT2D eigenvalue weighted by Crippen LogP contribution is -2.29. The smallest absolute Gasteiger partial charge is 0.257 e. The van der Waals surface area contributed by atoms with E-state index in [1.807, 2.05) is 6.07 Å². The number of nitrogens with two attached hydrogens (primary N) is 1. The Kier molecular flexibility index (Phi) is 3.98. The summed E-state index contributed by atoms with van der Waals surface area (Å²) in [4.78, 5) is 12.7. The summed E-state index contributed by atoms with van der Waals surface area (Å²) in [6.45, 7) is 2.18. The summed E-state index contributed by atoms with van der Waals surface area (Å²) in [7, 11) is 0. The van der Waals surface area contributed by atoms with Gasteiger partial charge in [-0.1, -0.05) is 19.3 Å². The Bertz CT molecular complexity index is 575. The zero-order chi connectivity index (χ0) is 14.7. The summed E-state index contributed by atoms with van der Waals surface area (Å²) < 4.78 is 1.58. The van der Waals surface area contributed by atoms with Gasteiger partial charge in [-0.15, -0.1) is 0 Å². The fourth-order valence-electron chi connectivity index (χ4n) is 2.89. The number of nitrogens with zero attached hydrogens (tertiary/aromatic N) is 5. The van der Waals surface area contributed by atoms with Crippen LogP contribution in [0.3, 0.4) is 0 Å². The summed E-state index contributed by atoms with van der Waals surface area (Å²) in [5.74, 6) is 1.83. The second-order valence-corrected chi connectivity index (χ2v) is 5.60. The van der Waals surface area contributed by atoms with Crippen LogP contribution in [0, 0.1) is 5.92 Å². The molecule has 1 unspecified atom stereocenters. The number of anilines is 2. The zero-order valence-corrected chi connectivity index (χ0v) is 12.2. The lowest BCUT2D eigenvalue weighted by atomic mass is 9.85. The Morgan fingerprint density at radius 1 is 1.24 bits per heavy atom. The maximum Gasteiger partial charge on any atom is 0.257 e. The van der Waals surface area contributed by atoms with Gasteiger partial charge in [0.1, 0.15) is 0 Å². The summed E-state index contributed by atoms with van der Waals surface area (Å²) in [5, 5.41) is 7.49. The van der Waals surface area contributed by atoms with Crippen molar-refractivity contribution in [2.45, 2.75) is 45.1 Å². The monoisotopic (exact) mass is 287 g/mol. The van der Waals surface area contributed by atoms with E-state index in [2.05, 4.69) is 32.3 Å². The van der Waals surface area contributed by atoms with E-state index in [1.54, 1.807) is 17.1 Å². The molecule has 1 saturated carbocycles. The Morgan fingerprint density at radius 3 is 2.76 bits per heavy atom. The third kappa shape index (κ3) is 3.29. The van der Waals surface area contributed by atoms with Crippen molar-refractivity contribution in [3.8, 4) is 5.95 Å². The van der Waals surface area contributed by atoms with Crippen LogP contribution >= 0.6 is 0 Å². The average Bonchev–Trinajstić information content (AvgIpc) is 3.02. The molecular weight excluding hydrogens is 266 g/mol. The molecule has 0 radical (unpaired) electrons.